The van der Waals surface area contributed by atoms with E-state index in [1.807, 2.05) is 73.4 Å². The van der Waals surface area contributed by atoms with E-state index in [9.17, 15) is 27.2 Å². The van der Waals surface area contributed by atoms with E-state index in [1.165, 1.54) is 70.2 Å². The van der Waals surface area contributed by atoms with E-state index < -0.39 is 30.3 Å². The standard InChI is InChI=1S/C20H22BFN2O4S.C14H10BrFN2O2S.C9H6BrF.C9H7F/c1-6-26-17(25)15-11-29-18(23-15)24-10-14(13-9-12(22)7-8-16(13)24)21-27-19(2,3)20(4,5)28-21;1-2-20-13(19)11-7-21-14(17-11)18-6-10(15)9-5-8(16)3-4-12(9)18;10-9-4-2-6-1-3-7(11)5-8(6)9;10-9-5-4-7-2-1-3-8(7)6-9/h7-11H,6H2,1-5H3;3-7H,2H2,1H3;1,3-5H,2H2;1,3-6H,2H2. The Morgan fingerprint density at radius 2 is 1.20 bits per heavy atom. The number of carbonyl (C=O) groups is 2. The van der Waals surface area contributed by atoms with Crippen molar-refractivity contribution >= 4 is 111 Å². The number of hydrogen-bond donors (Lipinski definition) is 0. The second-order valence-electron chi connectivity index (χ2n) is 17.2. The Morgan fingerprint density at radius 3 is 1.79 bits per heavy atom. The third-order valence-corrected chi connectivity index (χ3v) is 15.0. The van der Waals surface area contributed by atoms with Crippen LogP contribution in [0.25, 0.3) is 42.6 Å². The lowest BCUT2D eigenvalue weighted by molar-refractivity contribution is 0.00578. The van der Waals surface area contributed by atoms with E-state index in [0.717, 1.165) is 49.3 Å². The van der Waals surface area contributed by atoms with E-state index in [0.29, 0.717) is 27.7 Å². The molecule has 1 fully saturated rings. The minimum absolute atomic E-state index is 0.148. The summed E-state index contributed by atoms with van der Waals surface area (Å²) in [4.78, 5) is 32.3. The maximum absolute atomic E-state index is 14.0. The number of halogens is 6. The largest absolute Gasteiger partial charge is 0.497 e. The van der Waals surface area contributed by atoms with Crippen molar-refractivity contribution in [1.29, 1.82) is 0 Å². The molecule has 10 nitrogen and oxygen atoms in total. The first-order chi connectivity index (χ1) is 33.9. The molecular formula is C52H45BBr2F4N4O6S2. The Kier molecular flexibility index (Phi) is 15.7. The van der Waals surface area contributed by atoms with Crippen molar-refractivity contribution in [3.63, 3.8) is 0 Å². The zero-order chi connectivity index (χ0) is 50.8. The molecule has 8 aromatic rings. The summed E-state index contributed by atoms with van der Waals surface area (Å²) in [5.74, 6) is -1.88. The third-order valence-electron chi connectivity index (χ3n) is 12.0. The van der Waals surface area contributed by atoms with Crippen molar-refractivity contribution in [3.05, 3.63) is 169 Å². The van der Waals surface area contributed by atoms with Crippen LogP contribution in [-0.2, 0) is 31.6 Å². The number of allylic oxidation sites excluding steroid dienone is 2. The van der Waals surface area contributed by atoms with E-state index in [2.05, 4.69) is 41.8 Å². The quantitative estimate of drug-likeness (QED) is 0.0882. The number of aromatic nitrogens is 4. The maximum Gasteiger partial charge on any atom is 0.497 e. The highest BCUT2D eigenvalue weighted by molar-refractivity contribution is 9.15. The first-order valence-corrected chi connectivity index (χ1v) is 25.7. The van der Waals surface area contributed by atoms with E-state index in [4.69, 9.17) is 18.8 Å². The summed E-state index contributed by atoms with van der Waals surface area (Å²) in [5.41, 5.74) is 6.20. The first-order valence-electron chi connectivity index (χ1n) is 22.3. The summed E-state index contributed by atoms with van der Waals surface area (Å²) < 4.78 is 80.3. The summed E-state index contributed by atoms with van der Waals surface area (Å²) in [6.07, 6.45) is 11.6. The number of fused-ring (bicyclic) bond motifs is 4. The van der Waals surface area contributed by atoms with Gasteiger partial charge in [-0.05, 0) is 153 Å². The van der Waals surface area contributed by atoms with Crippen molar-refractivity contribution in [2.75, 3.05) is 13.2 Å². The highest BCUT2D eigenvalue weighted by Crippen LogP contribution is 2.38. The molecule has 0 spiro atoms. The highest BCUT2D eigenvalue weighted by atomic mass is 79.9. The van der Waals surface area contributed by atoms with Gasteiger partial charge in [0.25, 0.3) is 0 Å². The minimum Gasteiger partial charge on any atom is -0.461 e. The van der Waals surface area contributed by atoms with Crippen molar-refractivity contribution in [2.24, 2.45) is 0 Å². The lowest BCUT2D eigenvalue weighted by atomic mass is 9.79. The molecule has 19 heteroatoms. The fourth-order valence-corrected chi connectivity index (χ4v) is 10.3. The Balaban J connectivity index is 0.000000139. The molecule has 0 amide bonds. The first kappa shape index (κ1) is 51.7. The van der Waals surface area contributed by atoms with Gasteiger partial charge in [-0.3, -0.25) is 9.13 Å². The smallest absolute Gasteiger partial charge is 0.461 e. The zero-order valence-corrected chi connectivity index (χ0v) is 44.0. The van der Waals surface area contributed by atoms with E-state index in [-0.39, 0.29) is 41.3 Å². The van der Waals surface area contributed by atoms with Crippen molar-refractivity contribution < 1.29 is 45.9 Å². The summed E-state index contributed by atoms with van der Waals surface area (Å²) in [6, 6.07) is 18.9. The molecule has 5 heterocycles. The van der Waals surface area contributed by atoms with Crippen molar-refractivity contribution in [1.82, 2.24) is 19.1 Å². The lowest BCUT2D eigenvalue weighted by Gasteiger charge is -2.32. The molecule has 4 aromatic heterocycles. The average molecular weight is 1130 g/mol. The molecule has 0 radical (unpaired) electrons. The number of ether oxygens (including phenoxy) is 2. The van der Waals surface area contributed by atoms with Gasteiger partial charge in [-0.15, -0.1) is 22.7 Å². The molecule has 0 N–H and O–H groups in total. The van der Waals surface area contributed by atoms with Gasteiger partial charge >= 0.3 is 19.1 Å². The normalized spacial score (nSPS) is 14.7. The Morgan fingerprint density at radius 1 is 0.690 bits per heavy atom. The van der Waals surface area contributed by atoms with Crippen molar-refractivity contribution in [2.45, 2.75) is 65.6 Å². The van der Waals surface area contributed by atoms with Gasteiger partial charge < -0.3 is 18.8 Å². The molecule has 1 saturated heterocycles. The summed E-state index contributed by atoms with van der Waals surface area (Å²) >= 11 is 9.41. The van der Waals surface area contributed by atoms with Gasteiger partial charge in [0.1, 0.15) is 23.3 Å². The maximum atomic E-state index is 14.0. The van der Waals surface area contributed by atoms with Crippen LogP contribution < -0.4 is 5.46 Å². The Labute approximate surface area is 432 Å². The number of esters is 2. The van der Waals surface area contributed by atoms with Crippen LogP contribution in [0.4, 0.5) is 17.6 Å². The second-order valence-corrected chi connectivity index (χ2v) is 20.6. The lowest BCUT2D eigenvalue weighted by Crippen LogP contribution is -2.41. The van der Waals surface area contributed by atoms with Crippen LogP contribution in [0.1, 0.15) is 84.8 Å². The van der Waals surface area contributed by atoms with Gasteiger partial charge in [0.15, 0.2) is 21.7 Å². The molecule has 11 rings (SSSR count). The molecule has 0 bridgehead atoms. The summed E-state index contributed by atoms with van der Waals surface area (Å²) in [5, 5.41) is 5.93. The monoisotopic (exact) mass is 1130 g/mol. The average Bonchev–Trinajstić information content (AvgIpc) is 4.21. The SMILES string of the molecule is CCOC(=O)c1csc(-n2cc(B3OC(C)(C)C(C)(C)O3)c3cc(F)ccc32)n1.CCOC(=O)c1csc(-n2cc(Br)c3cc(F)ccc32)n1.Fc1ccc2c(c1)C(Br)=CC2.Fc1ccc2c(c1)C=CC2. The minimum atomic E-state index is -0.643. The van der Waals surface area contributed by atoms with E-state index >= 15 is 0 Å². The van der Waals surface area contributed by atoms with Crippen LogP contribution in [0.3, 0.4) is 0 Å². The van der Waals surface area contributed by atoms with Gasteiger partial charge in [-0.25, -0.2) is 37.1 Å². The van der Waals surface area contributed by atoms with Gasteiger partial charge in [0.05, 0.1) is 35.4 Å². The molecule has 366 valence electrons. The molecule has 4 aromatic carbocycles. The number of thiazole rings is 2. The van der Waals surface area contributed by atoms with Gasteiger partial charge in [-0.1, -0.05) is 46.3 Å². The molecule has 0 unspecified atom stereocenters. The molecule has 2 aliphatic carbocycles. The van der Waals surface area contributed by atoms with Crippen LogP contribution in [-0.4, -0.2) is 62.6 Å². The topological polar surface area (TPSA) is 107 Å². The summed E-state index contributed by atoms with van der Waals surface area (Å²) in [6.45, 7) is 12.0. The van der Waals surface area contributed by atoms with Crippen LogP contribution >= 0.6 is 54.5 Å². The van der Waals surface area contributed by atoms with Gasteiger partial charge in [0.2, 0.25) is 0 Å². The Hall–Kier alpha value is -5.70. The number of rotatable bonds is 7. The molecule has 0 atom stereocenters. The number of carbonyl (C=O) groups excluding carboxylic acids is 2. The van der Waals surface area contributed by atoms with Crippen LogP contribution in [0.15, 0.2) is 113 Å². The molecular weight excluding hydrogens is 1090 g/mol. The Bertz CT molecular complexity index is 3350. The molecule has 0 saturated carbocycles. The van der Waals surface area contributed by atoms with Crippen LogP contribution in [0.2, 0.25) is 0 Å². The number of benzene rings is 4. The van der Waals surface area contributed by atoms with Gasteiger partial charge in [-0.2, -0.15) is 0 Å². The number of hydrogen-bond acceptors (Lipinski definition) is 10. The fraction of sp³-hybridized carbons (Fsp3) is 0.231. The van der Waals surface area contributed by atoms with Crippen LogP contribution in [0.5, 0.6) is 0 Å². The summed E-state index contributed by atoms with van der Waals surface area (Å²) in [7, 11) is -0.643. The molecule has 1 aliphatic heterocycles. The molecule has 71 heavy (non-hydrogen) atoms. The number of nitrogens with zero attached hydrogens (tertiary/aromatic N) is 4. The van der Waals surface area contributed by atoms with E-state index in [1.54, 1.807) is 55.1 Å². The second kappa shape index (κ2) is 21.6. The molecule has 3 aliphatic rings. The predicted molar refractivity (Wildman–Crippen MR) is 279 cm³/mol. The van der Waals surface area contributed by atoms with Crippen molar-refractivity contribution in [3.8, 4) is 10.3 Å². The zero-order valence-electron chi connectivity index (χ0n) is 39.2. The highest BCUT2D eigenvalue weighted by Gasteiger charge is 2.52. The third kappa shape index (κ3) is 11.3. The fourth-order valence-electron chi connectivity index (χ4n) is 7.69. The predicted octanol–water partition coefficient (Wildman–Crippen LogP) is 13.4. The van der Waals surface area contributed by atoms with Gasteiger partial charge in [0, 0.05) is 48.3 Å². The van der Waals surface area contributed by atoms with Crippen LogP contribution in [0, 0.1) is 23.3 Å².